The van der Waals surface area contributed by atoms with Crippen molar-refractivity contribution in [3.8, 4) is 11.8 Å². The minimum Gasteiger partial charge on any atom is -0.508 e. The molecule has 0 saturated carbocycles. The number of phenols is 1. The van der Waals surface area contributed by atoms with Gasteiger partial charge in [-0.2, -0.15) is 5.26 Å². The minimum atomic E-state index is -3.76. The molecule has 0 heterocycles. The highest BCUT2D eigenvalue weighted by atomic mass is 32.2. The van der Waals surface area contributed by atoms with Gasteiger partial charge in [-0.25, -0.2) is 8.42 Å². The molecule has 0 saturated heterocycles. The van der Waals surface area contributed by atoms with Crippen molar-refractivity contribution >= 4 is 15.7 Å². The predicted octanol–water partition coefficient (Wildman–Crippen LogP) is 2.37. The van der Waals surface area contributed by atoms with Crippen molar-refractivity contribution in [1.29, 1.82) is 5.26 Å². The molecule has 0 aromatic heterocycles. The Morgan fingerprint density at radius 1 is 1.20 bits per heavy atom. The summed E-state index contributed by atoms with van der Waals surface area (Å²) in [5.74, 6) is -0.0262. The Morgan fingerprint density at radius 3 is 2.55 bits per heavy atom. The molecule has 2 aromatic carbocycles. The van der Waals surface area contributed by atoms with E-state index >= 15 is 0 Å². The first-order valence-electron chi connectivity index (χ1n) is 5.75. The number of aryl methyl sites for hydroxylation is 1. The van der Waals surface area contributed by atoms with Gasteiger partial charge in [-0.1, -0.05) is 6.07 Å². The molecule has 0 aliphatic rings. The molecule has 2 rings (SSSR count). The fraction of sp³-hybridized carbons (Fsp3) is 0.0714. The van der Waals surface area contributed by atoms with E-state index in [1.165, 1.54) is 36.4 Å². The number of phenolic OH excluding ortho intramolecular Hbond substituents is 1. The van der Waals surface area contributed by atoms with Crippen LogP contribution in [0.4, 0.5) is 5.69 Å². The maximum Gasteiger partial charge on any atom is 0.262 e. The maximum atomic E-state index is 12.3. The molecule has 0 unspecified atom stereocenters. The van der Waals surface area contributed by atoms with Crippen molar-refractivity contribution < 1.29 is 13.5 Å². The van der Waals surface area contributed by atoms with Gasteiger partial charge in [-0.05, 0) is 42.8 Å². The standard InChI is InChI=1S/C14H12N2O3S/c1-10-7-11(9-15)5-6-14(10)20(18,19)16-12-3-2-4-13(17)8-12/h2-8,16-17H,1H3. The van der Waals surface area contributed by atoms with Crippen LogP contribution in [0.15, 0.2) is 47.4 Å². The lowest BCUT2D eigenvalue weighted by Gasteiger charge is -2.10. The zero-order valence-corrected chi connectivity index (χ0v) is 11.5. The van der Waals surface area contributed by atoms with E-state index in [9.17, 15) is 13.5 Å². The first kappa shape index (κ1) is 13.9. The summed E-state index contributed by atoms with van der Waals surface area (Å²) >= 11 is 0. The zero-order valence-electron chi connectivity index (χ0n) is 10.7. The van der Waals surface area contributed by atoms with Crippen LogP contribution in [-0.4, -0.2) is 13.5 Å². The van der Waals surface area contributed by atoms with E-state index in [0.29, 0.717) is 11.1 Å². The number of nitriles is 1. The summed E-state index contributed by atoms with van der Waals surface area (Å²) in [7, 11) is -3.76. The van der Waals surface area contributed by atoms with Crippen LogP contribution >= 0.6 is 0 Å². The largest absolute Gasteiger partial charge is 0.508 e. The summed E-state index contributed by atoms with van der Waals surface area (Å²) in [5, 5.41) is 18.1. The molecular weight excluding hydrogens is 276 g/mol. The molecule has 0 atom stereocenters. The molecule has 0 spiro atoms. The van der Waals surface area contributed by atoms with Crippen LogP contribution in [0.3, 0.4) is 0 Å². The highest BCUT2D eigenvalue weighted by molar-refractivity contribution is 7.92. The molecule has 0 amide bonds. The van der Waals surface area contributed by atoms with Gasteiger partial charge in [0.25, 0.3) is 10.0 Å². The van der Waals surface area contributed by atoms with E-state index < -0.39 is 10.0 Å². The molecule has 0 bridgehead atoms. The average molecular weight is 288 g/mol. The third-order valence-corrected chi connectivity index (χ3v) is 4.23. The molecule has 0 fully saturated rings. The lowest BCUT2D eigenvalue weighted by atomic mass is 10.2. The van der Waals surface area contributed by atoms with Crippen molar-refractivity contribution in [2.45, 2.75) is 11.8 Å². The zero-order chi connectivity index (χ0) is 14.8. The Kier molecular flexibility index (Phi) is 3.63. The summed E-state index contributed by atoms with van der Waals surface area (Å²) in [6.45, 7) is 1.62. The van der Waals surface area contributed by atoms with Gasteiger partial charge < -0.3 is 5.11 Å². The van der Waals surface area contributed by atoms with Gasteiger partial charge in [-0.15, -0.1) is 0 Å². The van der Waals surface area contributed by atoms with Crippen molar-refractivity contribution in [3.63, 3.8) is 0 Å². The van der Waals surface area contributed by atoms with Gasteiger partial charge in [0.1, 0.15) is 5.75 Å². The van der Waals surface area contributed by atoms with Crippen molar-refractivity contribution in [2.24, 2.45) is 0 Å². The summed E-state index contributed by atoms with van der Waals surface area (Å²) in [6.07, 6.45) is 0. The SMILES string of the molecule is Cc1cc(C#N)ccc1S(=O)(=O)Nc1cccc(O)c1. The van der Waals surface area contributed by atoms with E-state index in [2.05, 4.69) is 4.72 Å². The maximum absolute atomic E-state index is 12.3. The topological polar surface area (TPSA) is 90.2 Å². The number of rotatable bonds is 3. The van der Waals surface area contributed by atoms with Crippen LogP contribution in [0.5, 0.6) is 5.75 Å². The van der Waals surface area contributed by atoms with Crippen LogP contribution in [0.2, 0.25) is 0 Å². The number of nitrogens with one attached hydrogen (secondary N) is 1. The average Bonchev–Trinajstić information content (AvgIpc) is 2.37. The Hall–Kier alpha value is -2.52. The second kappa shape index (κ2) is 5.23. The van der Waals surface area contributed by atoms with Crippen molar-refractivity contribution in [1.82, 2.24) is 0 Å². The van der Waals surface area contributed by atoms with Gasteiger partial charge in [0.15, 0.2) is 0 Å². The van der Waals surface area contributed by atoms with E-state index in [0.717, 1.165) is 0 Å². The van der Waals surface area contributed by atoms with Crippen LogP contribution in [0.1, 0.15) is 11.1 Å². The fourth-order valence-corrected chi connectivity index (χ4v) is 3.08. The van der Waals surface area contributed by atoms with Crippen molar-refractivity contribution in [2.75, 3.05) is 4.72 Å². The third kappa shape index (κ3) is 2.90. The molecule has 6 heteroatoms. The monoisotopic (exact) mass is 288 g/mol. The molecule has 2 N–H and O–H groups in total. The highest BCUT2D eigenvalue weighted by Gasteiger charge is 2.17. The number of hydrogen-bond donors (Lipinski definition) is 2. The van der Waals surface area contributed by atoms with Crippen LogP contribution in [-0.2, 0) is 10.0 Å². The number of nitrogens with zero attached hydrogens (tertiary/aromatic N) is 1. The van der Waals surface area contributed by atoms with Crippen LogP contribution < -0.4 is 4.72 Å². The summed E-state index contributed by atoms with van der Waals surface area (Å²) < 4.78 is 26.9. The van der Waals surface area contributed by atoms with Gasteiger partial charge in [0.05, 0.1) is 22.2 Å². The summed E-state index contributed by atoms with van der Waals surface area (Å²) in [6, 6.07) is 12.1. The van der Waals surface area contributed by atoms with E-state index in [1.54, 1.807) is 13.0 Å². The molecule has 0 aliphatic carbocycles. The molecule has 102 valence electrons. The molecule has 5 nitrogen and oxygen atoms in total. The first-order chi connectivity index (χ1) is 9.42. The molecular formula is C14H12N2O3S. The Bertz CT molecular complexity index is 792. The smallest absolute Gasteiger partial charge is 0.262 e. The van der Waals surface area contributed by atoms with E-state index in [-0.39, 0.29) is 16.3 Å². The van der Waals surface area contributed by atoms with Gasteiger partial charge in [0.2, 0.25) is 0 Å². The van der Waals surface area contributed by atoms with E-state index in [4.69, 9.17) is 5.26 Å². The second-order valence-electron chi connectivity index (χ2n) is 4.25. The van der Waals surface area contributed by atoms with Crippen LogP contribution in [0, 0.1) is 18.3 Å². The van der Waals surface area contributed by atoms with Gasteiger partial charge >= 0.3 is 0 Å². The molecule has 0 aliphatic heterocycles. The van der Waals surface area contributed by atoms with Gasteiger partial charge in [-0.3, -0.25) is 4.72 Å². The van der Waals surface area contributed by atoms with E-state index in [1.807, 2.05) is 6.07 Å². The molecule has 20 heavy (non-hydrogen) atoms. The predicted molar refractivity (Wildman–Crippen MR) is 74.8 cm³/mol. The minimum absolute atomic E-state index is 0.0262. The fourth-order valence-electron chi connectivity index (χ4n) is 1.80. The Morgan fingerprint density at radius 2 is 1.95 bits per heavy atom. The molecule has 0 radical (unpaired) electrons. The first-order valence-corrected chi connectivity index (χ1v) is 7.23. The lowest BCUT2D eigenvalue weighted by molar-refractivity contribution is 0.475. The number of sulfonamides is 1. The van der Waals surface area contributed by atoms with Crippen LogP contribution in [0.25, 0.3) is 0 Å². The van der Waals surface area contributed by atoms with Gasteiger partial charge in [0, 0.05) is 6.07 Å². The number of anilines is 1. The highest BCUT2D eigenvalue weighted by Crippen LogP contribution is 2.22. The summed E-state index contributed by atoms with van der Waals surface area (Å²) in [4.78, 5) is 0.0971. The molecule has 2 aromatic rings. The Labute approximate surface area is 117 Å². The quantitative estimate of drug-likeness (QED) is 0.907. The summed E-state index contributed by atoms with van der Waals surface area (Å²) in [5.41, 5.74) is 1.16. The lowest BCUT2D eigenvalue weighted by Crippen LogP contribution is -2.14. The second-order valence-corrected chi connectivity index (χ2v) is 5.90. The Balaban J connectivity index is 2.39. The number of aromatic hydroxyl groups is 1. The van der Waals surface area contributed by atoms with Crippen molar-refractivity contribution in [3.05, 3.63) is 53.6 Å². The number of benzene rings is 2. The normalized spacial score (nSPS) is 10.8. The third-order valence-electron chi connectivity index (χ3n) is 2.69. The number of hydrogen-bond acceptors (Lipinski definition) is 4.